The Labute approximate surface area is 163 Å². The Morgan fingerprint density at radius 2 is 1.93 bits per heavy atom. The Hall–Kier alpha value is -2.45. The number of hydrogen-bond acceptors (Lipinski definition) is 5. The number of rotatable bonds is 3. The van der Waals surface area contributed by atoms with Gasteiger partial charge in [0.2, 0.25) is 5.91 Å². The summed E-state index contributed by atoms with van der Waals surface area (Å²) in [5.74, 6) is -0.163. The molecule has 1 aliphatic heterocycles. The van der Waals surface area contributed by atoms with E-state index in [1.807, 2.05) is 29.2 Å². The maximum absolute atomic E-state index is 12.8. The SMILES string of the molecule is CC(=O)N1CCN([C@@H]2CCC[C@@H](NC(=O)c3n[nH]c4ccccc34)[C@H]2O)CC1. The smallest absolute Gasteiger partial charge is 0.272 e. The number of fused-ring (bicyclic) bond motifs is 1. The number of carbonyl (C=O) groups is 2. The van der Waals surface area contributed by atoms with E-state index in [1.165, 1.54) is 0 Å². The number of para-hydroxylation sites is 1. The summed E-state index contributed by atoms with van der Waals surface area (Å²) in [6.07, 6.45) is 1.96. The van der Waals surface area contributed by atoms with E-state index in [0.29, 0.717) is 18.8 Å². The number of aromatic amines is 1. The first-order valence-electron chi connectivity index (χ1n) is 9.96. The minimum atomic E-state index is -0.633. The Kier molecular flexibility index (Phi) is 5.32. The normalized spacial score (nSPS) is 26.4. The molecule has 2 aromatic rings. The van der Waals surface area contributed by atoms with Gasteiger partial charge in [0.05, 0.1) is 17.7 Å². The number of benzene rings is 1. The lowest BCUT2D eigenvalue weighted by atomic mass is 9.86. The maximum Gasteiger partial charge on any atom is 0.272 e. The minimum absolute atomic E-state index is 0.00378. The molecule has 3 N–H and O–H groups in total. The highest BCUT2D eigenvalue weighted by Gasteiger charge is 2.37. The number of nitrogens with zero attached hydrogens (tertiary/aromatic N) is 3. The van der Waals surface area contributed by atoms with Crippen LogP contribution in [0.15, 0.2) is 24.3 Å². The van der Waals surface area contributed by atoms with E-state index in [9.17, 15) is 14.7 Å². The summed E-state index contributed by atoms with van der Waals surface area (Å²) >= 11 is 0. The monoisotopic (exact) mass is 385 g/mol. The molecule has 150 valence electrons. The second-order valence-corrected chi connectivity index (χ2v) is 7.73. The van der Waals surface area contributed by atoms with E-state index in [4.69, 9.17) is 0 Å². The summed E-state index contributed by atoms with van der Waals surface area (Å²) in [7, 11) is 0. The van der Waals surface area contributed by atoms with Gasteiger partial charge in [-0.15, -0.1) is 0 Å². The van der Waals surface area contributed by atoms with Crippen LogP contribution in [0.25, 0.3) is 10.9 Å². The van der Waals surface area contributed by atoms with Gasteiger partial charge in [0.25, 0.3) is 5.91 Å². The number of H-pyrrole nitrogens is 1. The van der Waals surface area contributed by atoms with Gasteiger partial charge < -0.3 is 15.3 Å². The van der Waals surface area contributed by atoms with Crippen molar-refractivity contribution in [3.05, 3.63) is 30.0 Å². The molecule has 4 rings (SSSR count). The Morgan fingerprint density at radius 3 is 2.68 bits per heavy atom. The number of aromatic nitrogens is 2. The first kappa shape index (κ1) is 18.9. The molecule has 8 nitrogen and oxygen atoms in total. The molecule has 2 aliphatic rings. The molecule has 8 heteroatoms. The minimum Gasteiger partial charge on any atom is -0.389 e. The molecule has 2 heterocycles. The van der Waals surface area contributed by atoms with Crippen molar-refractivity contribution in [2.75, 3.05) is 26.2 Å². The zero-order valence-corrected chi connectivity index (χ0v) is 16.1. The molecule has 2 amide bonds. The fraction of sp³-hybridized carbons (Fsp3) is 0.550. The number of carbonyl (C=O) groups excluding carboxylic acids is 2. The quantitative estimate of drug-likeness (QED) is 0.723. The number of amides is 2. The van der Waals surface area contributed by atoms with Crippen molar-refractivity contribution in [3.8, 4) is 0 Å². The number of aliphatic hydroxyl groups excluding tert-OH is 1. The first-order chi connectivity index (χ1) is 13.5. The average molecular weight is 385 g/mol. The molecule has 2 fully saturated rings. The molecular formula is C20H27N5O3. The Bertz CT molecular complexity index is 858. The molecular weight excluding hydrogens is 358 g/mol. The van der Waals surface area contributed by atoms with Crippen molar-refractivity contribution in [1.82, 2.24) is 25.3 Å². The van der Waals surface area contributed by atoms with Crippen LogP contribution in [0.1, 0.15) is 36.7 Å². The van der Waals surface area contributed by atoms with E-state index >= 15 is 0 Å². The van der Waals surface area contributed by atoms with Crippen LogP contribution in [0.5, 0.6) is 0 Å². The molecule has 1 aromatic carbocycles. The van der Waals surface area contributed by atoms with Crippen molar-refractivity contribution in [1.29, 1.82) is 0 Å². The molecule has 1 aliphatic carbocycles. The van der Waals surface area contributed by atoms with Gasteiger partial charge >= 0.3 is 0 Å². The molecule has 28 heavy (non-hydrogen) atoms. The van der Waals surface area contributed by atoms with Crippen LogP contribution in [0.3, 0.4) is 0 Å². The van der Waals surface area contributed by atoms with Gasteiger partial charge in [-0.2, -0.15) is 5.10 Å². The van der Waals surface area contributed by atoms with Crippen LogP contribution in [0.2, 0.25) is 0 Å². The predicted molar refractivity (Wildman–Crippen MR) is 105 cm³/mol. The van der Waals surface area contributed by atoms with Gasteiger partial charge in [-0.25, -0.2) is 0 Å². The highest BCUT2D eigenvalue weighted by atomic mass is 16.3. The third-order valence-corrected chi connectivity index (χ3v) is 6.05. The lowest BCUT2D eigenvalue weighted by molar-refractivity contribution is -0.131. The summed E-state index contributed by atoms with van der Waals surface area (Å²) < 4.78 is 0. The van der Waals surface area contributed by atoms with E-state index < -0.39 is 6.10 Å². The van der Waals surface area contributed by atoms with Crippen LogP contribution < -0.4 is 5.32 Å². The largest absolute Gasteiger partial charge is 0.389 e. The van der Waals surface area contributed by atoms with Crippen molar-refractivity contribution >= 4 is 22.7 Å². The van der Waals surface area contributed by atoms with Gasteiger partial charge in [-0.3, -0.25) is 19.6 Å². The third-order valence-electron chi connectivity index (χ3n) is 6.05. The zero-order chi connectivity index (χ0) is 19.7. The Balaban J connectivity index is 1.41. The molecule has 0 bridgehead atoms. The van der Waals surface area contributed by atoms with Gasteiger partial charge in [-0.05, 0) is 25.3 Å². The zero-order valence-electron chi connectivity index (χ0n) is 16.1. The summed E-state index contributed by atoms with van der Waals surface area (Å²) in [5.41, 5.74) is 1.18. The van der Waals surface area contributed by atoms with Crippen LogP contribution in [-0.2, 0) is 4.79 Å². The molecule has 1 saturated carbocycles. The van der Waals surface area contributed by atoms with Crippen LogP contribution >= 0.6 is 0 Å². The van der Waals surface area contributed by atoms with Crippen LogP contribution in [0, 0.1) is 0 Å². The number of aliphatic hydroxyl groups is 1. The van der Waals surface area contributed by atoms with Gasteiger partial charge in [0.1, 0.15) is 0 Å². The highest BCUT2D eigenvalue weighted by molar-refractivity contribution is 6.04. The number of nitrogens with one attached hydrogen (secondary N) is 2. The van der Waals surface area contributed by atoms with Crippen molar-refractivity contribution in [2.45, 2.75) is 44.4 Å². The molecule has 0 radical (unpaired) electrons. The summed E-state index contributed by atoms with van der Waals surface area (Å²) in [6.45, 7) is 4.48. The van der Waals surface area contributed by atoms with E-state index in [2.05, 4.69) is 20.4 Å². The molecule has 0 unspecified atom stereocenters. The van der Waals surface area contributed by atoms with Crippen molar-refractivity contribution in [2.24, 2.45) is 0 Å². The van der Waals surface area contributed by atoms with Crippen molar-refractivity contribution < 1.29 is 14.7 Å². The average Bonchev–Trinajstić information content (AvgIpc) is 3.14. The standard InChI is InChI=1S/C20H27N5O3/c1-13(26)24-9-11-25(12-10-24)17-8-4-7-16(19(17)27)21-20(28)18-14-5-2-3-6-15(14)22-23-18/h2-3,5-6,16-17,19,27H,4,7-12H2,1H3,(H,21,28)(H,22,23)/t16-,17-,19-/m1/s1. The topological polar surface area (TPSA) is 102 Å². The second kappa shape index (κ2) is 7.89. The lowest BCUT2D eigenvalue weighted by Gasteiger charge is -2.44. The van der Waals surface area contributed by atoms with Crippen molar-refractivity contribution in [3.63, 3.8) is 0 Å². The predicted octanol–water partition coefficient (Wildman–Crippen LogP) is 0.739. The summed E-state index contributed by atoms with van der Waals surface area (Å²) in [6, 6.07) is 7.22. The number of piperazine rings is 1. The molecule has 3 atom stereocenters. The lowest BCUT2D eigenvalue weighted by Crippen LogP contribution is -2.60. The second-order valence-electron chi connectivity index (χ2n) is 7.73. The van der Waals surface area contributed by atoms with Gasteiger partial charge in [-0.1, -0.05) is 18.2 Å². The van der Waals surface area contributed by atoms with E-state index in [-0.39, 0.29) is 23.9 Å². The first-order valence-corrected chi connectivity index (χ1v) is 9.96. The van der Waals surface area contributed by atoms with E-state index in [0.717, 1.165) is 43.3 Å². The summed E-state index contributed by atoms with van der Waals surface area (Å²) in [4.78, 5) is 28.4. The van der Waals surface area contributed by atoms with E-state index in [1.54, 1.807) is 6.92 Å². The Morgan fingerprint density at radius 1 is 1.18 bits per heavy atom. The van der Waals surface area contributed by atoms with Gasteiger partial charge in [0, 0.05) is 44.5 Å². The number of hydrogen-bond donors (Lipinski definition) is 3. The summed E-state index contributed by atoms with van der Waals surface area (Å²) in [5, 5.41) is 21.8. The molecule has 1 saturated heterocycles. The van der Waals surface area contributed by atoms with Crippen LogP contribution in [0.4, 0.5) is 0 Å². The molecule has 0 spiro atoms. The molecule has 1 aromatic heterocycles. The third kappa shape index (κ3) is 3.62. The highest BCUT2D eigenvalue weighted by Crippen LogP contribution is 2.25. The fourth-order valence-electron chi connectivity index (χ4n) is 4.45. The van der Waals surface area contributed by atoms with Gasteiger partial charge in [0.15, 0.2) is 5.69 Å². The van der Waals surface area contributed by atoms with Crippen LogP contribution in [-0.4, -0.2) is 81.3 Å². The maximum atomic E-state index is 12.8. The fourth-order valence-corrected chi connectivity index (χ4v) is 4.45.